The average molecular weight is 319 g/mol. The van der Waals surface area contributed by atoms with Gasteiger partial charge in [-0.1, -0.05) is 6.07 Å². The summed E-state index contributed by atoms with van der Waals surface area (Å²) in [4.78, 5) is 0. The van der Waals surface area contributed by atoms with Crippen molar-refractivity contribution in [2.45, 2.75) is 69.8 Å². The lowest BCUT2D eigenvalue weighted by Crippen LogP contribution is -2.48. The molecule has 128 valence electrons. The van der Waals surface area contributed by atoms with Crippen molar-refractivity contribution in [3.8, 4) is 5.75 Å². The second kappa shape index (κ2) is 6.80. The van der Waals surface area contributed by atoms with Gasteiger partial charge in [0.2, 0.25) is 0 Å². The number of benzene rings is 1. The quantitative estimate of drug-likeness (QED) is 0.896. The summed E-state index contributed by atoms with van der Waals surface area (Å²) in [6, 6.07) is 6.50. The largest absolute Gasteiger partial charge is 0.497 e. The number of ether oxygens (including phenoxy) is 2. The maximum atomic E-state index is 11.3. The second-order valence-electron chi connectivity index (χ2n) is 7.21. The molecule has 0 radical (unpaired) electrons. The van der Waals surface area contributed by atoms with Crippen molar-refractivity contribution in [1.29, 1.82) is 0 Å². The van der Waals surface area contributed by atoms with Gasteiger partial charge in [-0.15, -0.1) is 0 Å². The second-order valence-corrected chi connectivity index (χ2v) is 7.21. The Bertz CT molecular complexity index is 537. The molecule has 1 aromatic carbocycles. The van der Waals surface area contributed by atoms with Gasteiger partial charge in [0.1, 0.15) is 11.4 Å². The molecule has 0 spiro atoms. The van der Waals surface area contributed by atoms with Gasteiger partial charge in [0.05, 0.1) is 19.3 Å². The highest BCUT2D eigenvalue weighted by molar-refractivity contribution is 5.41. The summed E-state index contributed by atoms with van der Waals surface area (Å²) in [6.45, 7) is 4.84. The van der Waals surface area contributed by atoms with E-state index in [2.05, 4.69) is 25.2 Å². The lowest BCUT2D eigenvalue weighted by Gasteiger charge is -2.38. The third-order valence-electron chi connectivity index (χ3n) is 5.24. The molecule has 1 heterocycles. The molecule has 4 nitrogen and oxygen atoms in total. The SMILES string of the molecule is COc1ccc2c(c1)C(O)(CNC1CC(C)OC(C)C1)CCC2. The normalized spacial score (nSPS) is 34.0. The van der Waals surface area contributed by atoms with Crippen LogP contribution < -0.4 is 10.1 Å². The van der Waals surface area contributed by atoms with Crippen molar-refractivity contribution >= 4 is 0 Å². The summed E-state index contributed by atoms with van der Waals surface area (Å²) in [7, 11) is 1.67. The molecule has 3 rings (SSSR count). The first kappa shape index (κ1) is 16.7. The van der Waals surface area contributed by atoms with Crippen LogP contribution in [0.25, 0.3) is 0 Å². The van der Waals surface area contributed by atoms with E-state index in [4.69, 9.17) is 9.47 Å². The number of hydrogen-bond donors (Lipinski definition) is 2. The first-order valence-corrected chi connectivity index (χ1v) is 8.79. The lowest BCUT2D eigenvalue weighted by molar-refractivity contribution is -0.0487. The minimum Gasteiger partial charge on any atom is -0.497 e. The maximum absolute atomic E-state index is 11.3. The van der Waals surface area contributed by atoms with E-state index in [1.807, 2.05) is 12.1 Å². The van der Waals surface area contributed by atoms with Gasteiger partial charge >= 0.3 is 0 Å². The van der Waals surface area contributed by atoms with Crippen molar-refractivity contribution in [3.63, 3.8) is 0 Å². The highest BCUT2D eigenvalue weighted by Crippen LogP contribution is 2.37. The molecule has 0 saturated carbocycles. The molecular formula is C19H29NO3. The zero-order valence-corrected chi connectivity index (χ0v) is 14.5. The Labute approximate surface area is 139 Å². The van der Waals surface area contributed by atoms with Gasteiger partial charge in [-0.05, 0) is 69.2 Å². The van der Waals surface area contributed by atoms with Gasteiger partial charge in [0, 0.05) is 12.6 Å². The van der Waals surface area contributed by atoms with E-state index in [0.717, 1.165) is 43.4 Å². The summed E-state index contributed by atoms with van der Waals surface area (Å²) in [6.07, 6.45) is 5.44. The first-order valence-electron chi connectivity index (χ1n) is 8.79. The van der Waals surface area contributed by atoms with E-state index < -0.39 is 5.60 Å². The van der Waals surface area contributed by atoms with Crippen molar-refractivity contribution in [3.05, 3.63) is 29.3 Å². The van der Waals surface area contributed by atoms with E-state index in [9.17, 15) is 5.11 Å². The molecule has 3 atom stereocenters. The van der Waals surface area contributed by atoms with E-state index >= 15 is 0 Å². The van der Waals surface area contributed by atoms with Crippen molar-refractivity contribution < 1.29 is 14.6 Å². The molecule has 1 aliphatic carbocycles. The zero-order chi connectivity index (χ0) is 16.4. The molecule has 0 bridgehead atoms. The number of aryl methyl sites for hydroxylation is 1. The van der Waals surface area contributed by atoms with Crippen molar-refractivity contribution in [2.75, 3.05) is 13.7 Å². The van der Waals surface area contributed by atoms with Gasteiger partial charge in [-0.3, -0.25) is 0 Å². The predicted molar refractivity (Wildman–Crippen MR) is 90.9 cm³/mol. The lowest BCUT2D eigenvalue weighted by atomic mass is 9.78. The van der Waals surface area contributed by atoms with E-state index in [-0.39, 0.29) is 12.2 Å². The number of methoxy groups -OCH3 is 1. The fraction of sp³-hybridized carbons (Fsp3) is 0.684. The van der Waals surface area contributed by atoms with Crippen LogP contribution in [0, 0.1) is 0 Å². The average Bonchev–Trinajstić information content (AvgIpc) is 2.52. The predicted octanol–water partition coefficient (Wildman–Crippen LogP) is 2.76. The molecule has 1 fully saturated rings. The molecule has 2 N–H and O–H groups in total. The fourth-order valence-corrected chi connectivity index (χ4v) is 4.11. The van der Waals surface area contributed by atoms with Crippen LogP contribution >= 0.6 is 0 Å². The molecule has 1 aliphatic heterocycles. The summed E-state index contributed by atoms with van der Waals surface area (Å²) >= 11 is 0. The molecule has 0 aromatic heterocycles. The van der Waals surface area contributed by atoms with Gasteiger partial charge in [0.25, 0.3) is 0 Å². The molecular weight excluding hydrogens is 290 g/mol. The van der Waals surface area contributed by atoms with Crippen LogP contribution in [0.4, 0.5) is 0 Å². The fourth-order valence-electron chi connectivity index (χ4n) is 4.11. The Morgan fingerprint density at radius 3 is 2.74 bits per heavy atom. The Morgan fingerprint density at radius 2 is 2.04 bits per heavy atom. The van der Waals surface area contributed by atoms with Crippen molar-refractivity contribution in [1.82, 2.24) is 5.32 Å². The standard InChI is InChI=1S/C19H29NO3/c1-13-9-16(10-14(2)23-13)20-12-19(21)8-4-5-15-6-7-17(22-3)11-18(15)19/h6-7,11,13-14,16,20-21H,4-5,8-10,12H2,1-3H3. The van der Waals surface area contributed by atoms with Crippen LogP contribution in [0.1, 0.15) is 50.7 Å². The summed E-state index contributed by atoms with van der Waals surface area (Å²) in [5.74, 6) is 0.817. The number of hydrogen-bond acceptors (Lipinski definition) is 4. The van der Waals surface area contributed by atoms with Crippen LogP contribution in [0.15, 0.2) is 18.2 Å². The Hall–Kier alpha value is -1.10. The van der Waals surface area contributed by atoms with Gasteiger partial charge < -0.3 is 19.9 Å². The van der Waals surface area contributed by atoms with Crippen LogP contribution in [0.5, 0.6) is 5.75 Å². The highest BCUT2D eigenvalue weighted by Gasteiger charge is 2.36. The number of fused-ring (bicyclic) bond motifs is 1. The van der Waals surface area contributed by atoms with Crippen molar-refractivity contribution in [2.24, 2.45) is 0 Å². The number of aliphatic hydroxyl groups is 1. The Morgan fingerprint density at radius 1 is 1.30 bits per heavy atom. The third-order valence-corrected chi connectivity index (χ3v) is 5.24. The summed E-state index contributed by atoms with van der Waals surface area (Å²) in [5.41, 5.74) is 1.48. The molecule has 23 heavy (non-hydrogen) atoms. The zero-order valence-electron chi connectivity index (χ0n) is 14.5. The van der Waals surface area contributed by atoms with Crippen LogP contribution in [-0.2, 0) is 16.8 Å². The van der Waals surface area contributed by atoms with Crippen LogP contribution in [-0.4, -0.2) is 37.0 Å². The summed E-state index contributed by atoms with van der Waals surface area (Å²) in [5, 5.41) is 14.9. The van der Waals surface area contributed by atoms with E-state index in [1.165, 1.54) is 5.56 Å². The maximum Gasteiger partial charge on any atom is 0.119 e. The highest BCUT2D eigenvalue weighted by atomic mass is 16.5. The Kier molecular flexibility index (Phi) is 4.95. The smallest absolute Gasteiger partial charge is 0.119 e. The molecule has 4 heteroatoms. The van der Waals surface area contributed by atoms with E-state index in [1.54, 1.807) is 7.11 Å². The third kappa shape index (κ3) is 3.70. The van der Waals surface area contributed by atoms with Gasteiger partial charge in [0.15, 0.2) is 0 Å². The minimum atomic E-state index is -0.799. The minimum absolute atomic E-state index is 0.282. The van der Waals surface area contributed by atoms with Gasteiger partial charge in [-0.2, -0.15) is 0 Å². The van der Waals surface area contributed by atoms with Gasteiger partial charge in [-0.25, -0.2) is 0 Å². The molecule has 1 aromatic rings. The molecule has 0 amide bonds. The van der Waals surface area contributed by atoms with Crippen LogP contribution in [0.2, 0.25) is 0 Å². The summed E-state index contributed by atoms with van der Waals surface area (Å²) < 4.78 is 11.1. The first-order chi connectivity index (χ1) is 11.0. The van der Waals surface area contributed by atoms with E-state index in [0.29, 0.717) is 12.6 Å². The number of rotatable bonds is 4. The van der Waals surface area contributed by atoms with Crippen LogP contribution in [0.3, 0.4) is 0 Å². The molecule has 2 aliphatic rings. The topological polar surface area (TPSA) is 50.7 Å². The Balaban J connectivity index is 1.72. The molecule has 3 unspecified atom stereocenters. The number of nitrogens with one attached hydrogen (secondary N) is 1. The molecule has 1 saturated heterocycles. The monoisotopic (exact) mass is 319 g/mol.